The van der Waals surface area contributed by atoms with Gasteiger partial charge in [0.2, 0.25) is 11.8 Å². The second-order valence-corrected chi connectivity index (χ2v) is 9.42. The van der Waals surface area contributed by atoms with Crippen molar-refractivity contribution in [3.63, 3.8) is 0 Å². The average molecular weight is 519 g/mol. The van der Waals surface area contributed by atoms with Crippen molar-refractivity contribution in [2.24, 2.45) is 0 Å². The molecule has 4 rings (SSSR count). The summed E-state index contributed by atoms with van der Waals surface area (Å²) in [4.78, 5) is 44.7. The summed E-state index contributed by atoms with van der Waals surface area (Å²) in [7, 11) is 0. The van der Waals surface area contributed by atoms with Crippen molar-refractivity contribution >= 4 is 40.2 Å². The third-order valence-corrected chi connectivity index (χ3v) is 6.87. The van der Waals surface area contributed by atoms with E-state index in [1.165, 1.54) is 16.7 Å². The van der Waals surface area contributed by atoms with Crippen molar-refractivity contribution in [2.45, 2.75) is 43.6 Å². The normalized spacial score (nSPS) is 14.1. The fraction of sp³-hybridized carbons (Fsp3) is 0.360. The number of para-hydroxylation sites is 1. The molecule has 0 unspecified atom stereocenters. The van der Waals surface area contributed by atoms with Gasteiger partial charge < -0.3 is 10.2 Å². The molecule has 0 spiro atoms. The number of hydrogen-bond acceptors (Lipinski definition) is 5. The Bertz CT molecular complexity index is 1320. The zero-order valence-electron chi connectivity index (χ0n) is 19.4. The quantitative estimate of drug-likeness (QED) is 0.367. The molecule has 2 heterocycles. The van der Waals surface area contributed by atoms with Crippen LogP contribution in [0.3, 0.4) is 0 Å². The summed E-state index contributed by atoms with van der Waals surface area (Å²) in [6.45, 7) is 1.53. The van der Waals surface area contributed by atoms with Gasteiger partial charge in [0.15, 0.2) is 5.16 Å². The lowest BCUT2D eigenvalue weighted by atomic mass is 10.1. The third kappa shape index (κ3) is 6.26. The molecule has 1 fully saturated rings. The van der Waals surface area contributed by atoms with Crippen LogP contribution in [0.15, 0.2) is 58.5 Å². The topological polar surface area (TPSA) is 84.3 Å². The van der Waals surface area contributed by atoms with E-state index < -0.39 is 17.6 Å². The molecule has 1 saturated heterocycles. The van der Waals surface area contributed by atoms with Gasteiger partial charge in [-0.15, -0.1) is 0 Å². The van der Waals surface area contributed by atoms with Crippen LogP contribution >= 0.6 is 11.8 Å². The minimum atomic E-state index is -4.52. The maximum Gasteiger partial charge on any atom is 0.416 e. The summed E-state index contributed by atoms with van der Waals surface area (Å²) in [5, 5.41) is 3.12. The molecule has 7 nitrogen and oxygen atoms in total. The van der Waals surface area contributed by atoms with Gasteiger partial charge in [-0.3, -0.25) is 19.0 Å². The van der Waals surface area contributed by atoms with Gasteiger partial charge in [0.05, 0.1) is 22.2 Å². The number of fused-ring (bicyclic) bond motifs is 1. The number of nitrogens with zero attached hydrogens (tertiary/aromatic N) is 3. The number of likely N-dealkylation sites (tertiary alicyclic amines) is 1. The lowest BCUT2D eigenvalue weighted by molar-refractivity contribution is -0.137. The summed E-state index contributed by atoms with van der Waals surface area (Å²) in [6, 6.07) is 11.2. The Labute approximate surface area is 209 Å². The highest BCUT2D eigenvalue weighted by Crippen LogP contribution is 2.30. The van der Waals surface area contributed by atoms with Gasteiger partial charge in [0, 0.05) is 31.7 Å². The first kappa shape index (κ1) is 25.7. The van der Waals surface area contributed by atoms with E-state index in [4.69, 9.17) is 0 Å². The number of hydrogen-bond donors (Lipinski definition) is 1. The molecule has 11 heteroatoms. The molecule has 190 valence electrons. The number of carbonyl (C=O) groups excluding carboxylic acids is 2. The number of thioether (sulfide) groups is 1. The Morgan fingerprint density at radius 3 is 2.53 bits per heavy atom. The average Bonchev–Trinajstić information content (AvgIpc) is 2.87. The van der Waals surface area contributed by atoms with Crippen LogP contribution < -0.4 is 10.9 Å². The van der Waals surface area contributed by atoms with E-state index in [1.54, 1.807) is 29.2 Å². The summed E-state index contributed by atoms with van der Waals surface area (Å²) >= 11 is 0.993. The Kier molecular flexibility index (Phi) is 7.97. The first-order valence-electron chi connectivity index (χ1n) is 11.6. The molecule has 0 aliphatic carbocycles. The second kappa shape index (κ2) is 11.2. The van der Waals surface area contributed by atoms with Crippen molar-refractivity contribution in [1.29, 1.82) is 0 Å². The molecule has 0 saturated carbocycles. The number of anilines is 1. The van der Waals surface area contributed by atoms with E-state index in [0.717, 1.165) is 43.2 Å². The molecule has 0 atom stereocenters. The van der Waals surface area contributed by atoms with E-state index in [0.29, 0.717) is 24.0 Å². The Hall–Kier alpha value is -3.34. The van der Waals surface area contributed by atoms with E-state index in [1.807, 2.05) is 0 Å². The Morgan fingerprint density at radius 1 is 1.03 bits per heavy atom. The van der Waals surface area contributed by atoms with Gasteiger partial charge in [-0.1, -0.05) is 30.0 Å². The van der Waals surface area contributed by atoms with Gasteiger partial charge in [-0.2, -0.15) is 13.2 Å². The zero-order chi connectivity index (χ0) is 25.7. The molecular formula is C25H25F3N4O3S. The van der Waals surface area contributed by atoms with Crippen molar-refractivity contribution in [3.05, 3.63) is 64.4 Å². The smallest absolute Gasteiger partial charge is 0.343 e. The van der Waals surface area contributed by atoms with Crippen LogP contribution in [-0.4, -0.2) is 45.1 Å². The zero-order valence-corrected chi connectivity index (χ0v) is 20.2. The molecule has 0 bridgehead atoms. The molecule has 36 heavy (non-hydrogen) atoms. The molecule has 1 N–H and O–H groups in total. The highest BCUT2D eigenvalue weighted by Gasteiger charge is 2.30. The maximum absolute atomic E-state index is 13.2. The first-order chi connectivity index (χ1) is 17.2. The highest BCUT2D eigenvalue weighted by molar-refractivity contribution is 7.99. The van der Waals surface area contributed by atoms with Crippen LogP contribution in [0, 0.1) is 0 Å². The van der Waals surface area contributed by atoms with Crippen molar-refractivity contribution < 1.29 is 22.8 Å². The minimum absolute atomic E-state index is 0.0198. The number of piperidine rings is 1. The van der Waals surface area contributed by atoms with Gasteiger partial charge >= 0.3 is 6.18 Å². The minimum Gasteiger partial charge on any atom is -0.343 e. The predicted molar refractivity (Wildman–Crippen MR) is 132 cm³/mol. The van der Waals surface area contributed by atoms with Gasteiger partial charge in [0.1, 0.15) is 0 Å². The number of aromatic nitrogens is 2. The first-order valence-corrected chi connectivity index (χ1v) is 12.6. The van der Waals surface area contributed by atoms with E-state index >= 15 is 0 Å². The molecular weight excluding hydrogens is 493 g/mol. The maximum atomic E-state index is 13.2. The summed E-state index contributed by atoms with van der Waals surface area (Å²) in [5.74, 6) is -0.758. The fourth-order valence-corrected chi connectivity index (χ4v) is 4.89. The number of halogens is 3. The lowest BCUT2D eigenvalue weighted by Gasteiger charge is -2.27. The molecule has 3 aromatic rings. The molecule has 1 aliphatic heterocycles. The van der Waals surface area contributed by atoms with Crippen LogP contribution in [-0.2, 0) is 22.3 Å². The van der Waals surface area contributed by atoms with Crippen molar-refractivity contribution in [3.8, 4) is 0 Å². The third-order valence-electron chi connectivity index (χ3n) is 5.89. The molecule has 0 radical (unpaired) electrons. The van der Waals surface area contributed by atoms with Crippen molar-refractivity contribution in [1.82, 2.24) is 14.5 Å². The van der Waals surface area contributed by atoms with E-state index in [-0.39, 0.29) is 41.0 Å². The Balaban J connectivity index is 1.49. The number of amides is 2. The summed E-state index contributed by atoms with van der Waals surface area (Å²) in [5.41, 5.74) is -0.697. The van der Waals surface area contributed by atoms with Crippen LogP contribution in [0.5, 0.6) is 0 Å². The molecule has 2 amide bonds. The lowest BCUT2D eigenvalue weighted by Crippen LogP contribution is -2.36. The number of benzene rings is 2. The molecule has 2 aromatic carbocycles. The number of nitrogens with one attached hydrogen (secondary N) is 1. The summed E-state index contributed by atoms with van der Waals surface area (Å²) < 4.78 is 40.2. The Morgan fingerprint density at radius 2 is 1.78 bits per heavy atom. The summed E-state index contributed by atoms with van der Waals surface area (Å²) in [6.07, 6.45) is -1.37. The number of carbonyl (C=O) groups is 2. The van der Waals surface area contributed by atoms with Gasteiger partial charge in [-0.25, -0.2) is 4.98 Å². The van der Waals surface area contributed by atoms with E-state index in [9.17, 15) is 27.6 Å². The van der Waals surface area contributed by atoms with Gasteiger partial charge in [0.25, 0.3) is 5.56 Å². The van der Waals surface area contributed by atoms with Gasteiger partial charge in [-0.05, 0) is 49.6 Å². The van der Waals surface area contributed by atoms with Crippen LogP contribution in [0.1, 0.15) is 31.2 Å². The second-order valence-electron chi connectivity index (χ2n) is 8.48. The van der Waals surface area contributed by atoms with Crippen molar-refractivity contribution in [2.75, 3.05) is 24.2 Å². The van der Waals surface area contributed by atoms with Crippen LogP contribution in [0.25, 0.3) is 10.9 Å². The van der Waals surface area contributed by atoms with Crippen LogP contribution in [0.4, 0.5) is 18.9 Å². The number of alkyl halides is 3. The molecule has 1 aliphatic rings. The highest BCUT2D eigenvalue weighted by atomic mass is 32.2. The SMILES string of the molecule is O=C(CSc1nc2ccccc2c(=O)n1CCC(=O)N1CCCCC1)Nc1cccc(C(F)(F)F)c1. The molecule has 1 aromatic heterocycles. The largest absolute Gasteiger partial charge is 0.416 e. The number of rotatable bonds is 7. The van der Waals surface area contributed by atoms with E-state index in [2.05, 4.69) is 10.3 Å². The standard InChI is InChI=1S/C25H25F3N4O3S/c26-25(27,28)17-7-6-8-18(15-17)29-21(33)16-36-24-30-20-10-3-2-9-19(20)23(35)32(24)14-11-22(34)31-12-4-1-5-13-31/h2-3,6-10,15H,1,4-5,11-14,16H2,(H,29,33). The van der Waals surface area contributed by atoms with Crippen LogP contribution in [0.2, 0.25) is 0 Å². The monoisotopic (exact) mass is 518 g/mol. The fourth-order valence-electron chi connectivity index (χ4n) is 4.06. The predicted octanol–water partition coefficient (Wildman–Crippen LogP) is 4.55.